The van der Waals surface area contributed by atoms with E-state index < -0.39 is 0 Å². The summed E-state index contributed by atoms with van der Waals surface area (Å²) in [5, 5.41) is 4.20. The second kappa shape index (κ2) is 6.54. The van der Waals surface area contributed by atoms with Crippen molar-refractivity contribution in [3.8, 4) is 0 Å². The standard InChI is InChI=1S/C17H18ClFN2/c18-17-11-20-7-6-13(17)8-14(10-21-16-4-5-16)12-2-1-3-15(19)9-12/h1-3,6-7,9,11,14,16,21H,4-5,8,10H2. The molecule has 4 heteroatoms. The second-order valence-electron chi connectivity index (χ2n) is 5.61. The molecule has 1 aliphatic carbocycles. The lowest BCUT2D eigenvalue weighted by atomic mass is 9.92. The number of benzene rings is 1. The number of nitrogens with one attached hydrogen (secondary N) is 1. The van der Waals surface area contributed by atoms with Crippen molar-refractivity contribution in [1.82, 2.24) is 10.3 Å². The van der Waals surface area contributed by atoms with Gasteiger partial charge in [0.2, 0.25) is 0 Å². The van der Waals surface area contributed by atoms with E-state index in [1.807, 2.05) is 12.1 Å². The quantitative estimate of drug-likeness (QED) is 0.874. The van der Waals surface area contributed by atoms with Crippen LogP contribution in [0.4, 0.5) is 4.39 Å². The van der Waals surface area contributed by atoms with Crippen LogP contribution in [0.15, 0.2) is 42.7 Å². The van der Waals surface area contributed by atoms with Crippen LogP contribution in [0.25, 0.3) is 0 Å². The first-order valence-electron chi connectivity index (χ1n) is 7.29. The van der Waals surface area contributed by atoms with Gasteiger partial charge in [-0.15, -0.1) is 0 Å². The Bertz CT molecular complexity index is 613. The molecule has 0 spiro atoms. The summed E-state index contributed by atoms with van der Waals surface area (Å²) in [6.07, 6.45) is 6.67. The summed E-state index contributed by atoms with van der Waals surface area (Å²) in [6, 6.07) is 9.42. The normalized spacial score (nSPS) is 15.9. The molecule has 0 saturated heterocycles. The van der Waals surface area contributed by atoms with Crippen molar-refractivity contribution in [3.05, 3.63) is 64.7 Å². The van der Waals surface area contributed by atoms with Crippen molar-refractivity contribution < 1.29 is 4.39 Å². The van der Waals surface area contributed by atoms with Crippen LogP contribution in [-0.4, -0.2) is 17.6 Å². The van der Waals surface area contributed by atoms with Crippen molar-refractivity contribution >= 4 is 11.6 Å². The van der Waals surface area contributed by atoms with Crippen LogP contribution in [-0.2, 0) is 6.42 Å². The Morgan fingerprint density at radius 1 is 1.33 bits per heavy atom. The molecule has 2 nitrogen and oxygen atoms in total. The van der Waals surface area contributed by atoms with E-state index in [2.05, 4.69) is 10.3 Å². The van der Waals surface area contributed by atoms with Gasteiger partial charge in [-0.25, -0.2) is 4.39 Å². The lowest BCUT2D eigenvalue weighted by Gasteiger charge is -2.19. The van der Waals surface area contributed by atoms with Crippen LogP contribution in [0.2, 0.25) is 5.02 Å². The van der Waals surface area contributed by atoms with E-state index in [0.29, 0.717) is 11.1 Å². The number of pyridine rings is 1. The Balaban J connectivity index is 1.79. The predicted octanol–water partition coefficient (Wildman–Crippen LogP) is 3.95. The minimum absolute atomic E-state index is 0.190. The average molecular weight is 305 g/mol. The van der Waals surface area contributed by atoms with Gasteiger partial charge >= 0.3 is 0 Å². The molecule has 110 valence electrons. The Morgan fingerprint density at radius 3 is 2.90 bits per heavy atom. The summed E-state index contributed by atoms with van der Waals surface area (Å²) in [4.78, 5) is 4.02. The maximum Gasteiger partial charge on any atom is 0.123 e. The molecule has 1 fully saturated rings. The van der Waals surface area contributed by atoms with E-state index in [1.54, 1.807) is 24.5 Å². The Morgan fingerprint density at radius 2 is 2.19 bits per heavy atom. The van der Waals surface area contributed by atoms with E-state index >= 15 is 0 Å². The topological polar surface area (TPSA) is 24.9 Å². The first-order valence-corrected chi connectivity index (χ1v) is 7.67. The number of halogens is 2. The fourth-order valence-corrected chi connectivity index (χ4v) is 2.70. The smallest absolute Gasteiger partial charge is 0.123 e. The minimum atomic E-state index is -0.190. The molecule has 0 aliphatic heterocycles. The minimum Gasteiger partial charge on any atom is -0.313 e. The highest BCUT2D eigenvalue weighted by Gasteiger charge is 2.23. The molecule has 0 bridgehead atoms. The summed E-state index contributed by atoms with van der Waals surface area (Å²) in [5.41, 5.74) is 2.06. The summed E-state index contributed by atoms with van der Waals surface area (Å²) in [5.74, 6) is 0.0194. The van der Waals surface area contributed by atoms with Gasteiger partial charge in [0, 0.05) is 30.9 Å². The van der Waals surface area contributed by atoms with Crippen molar-refractivity contribution in [1.29, 1.82) is 0 Å². The molecule has 0 radical (unpaired) electrons. The molecule has 1 unspecified atom stereocenters. The van der Waals surface area contributed by atoms with E-state index in [-0.39, 0.29) is 11.7 Å². The van der Waals surface area contributed by atoms with Crippen LogP contribution in [0.5, 0.6) is 0 Å². The molecule has 1 N–H and O–H groups in total. The lowest BCUT2D eigenvalue weighted by Crippen LogP contribution is -2.25. The Hall–Kier alpha value is -1.45. The monoisotopic (exact) mass is 304 g/mol. The highest BCUT2D eigenvalue weighted by Crippen LogP contribution is 2.26. The summed E-state index contributed by atoms with van der Waals surface area (Å²) in [7, 11) is 0. The van der Waals surface area contributed by atoms with Crippen LogP contribution in [0.1, 0.15) is 29.9 Å². The van der Waals surface area contributed by atoms with Gasteiger partial charge in [0.1, 0.15) is 5.82 Å². The van der Waals surface area contributed by atoms with Gasteiger partial charge in [0.25, 0.3) is 0 Å². The summed E-state index contributed by atoms with van der Waals surface area (Å²) < 4.78 is 13.5. The van der Waals surface area contributed by atoms with Crippen LogP contribution < -0.4 is 5.32 Å². The largest absolute Gasteiger partial charge is 0.313 e. The van der Waals surface area contributed by atoms with E-state index in [0.717, 1.165) is 24.1 Å². The number of rotatable bonds is 6. The highest BCUT2D eigenvalue weighted by atomic mass is 35.5. The van der Waals surface area contributed by atoms with Gasteiger partial charge in [-0.1, -0.05) is 23.7 Å². The van der Waals surface area contributed by atoms with Crippen molar-refractivity contribution in [3.63, 3.8) is 0 Å². The molecule has 1 aromatic heterocycles. The number of hydrogen-bond donors (Lipinski definition) is 1. The first kappa shape index (κ1) is 14.5. The number of aromatic nitrogens is 1. The maximum absolute atomic E-state index is 13.5. The van der Waals surface area contributed by atoms with Gasteiger partial charge < -0.3 is 5.32 Å². The molecular weight excluding hydrogens is 287 g/mol. The lowest BCUT2D eigenvalue weighted by molar-refractivity contribution is 0.569. The molecule has 1 saturated carbocycles. The molecule has 3 rings (SSSR count). The van der Waals surface area contributed by atoms with Crippen molar-refractivity contribution in [2.45, 2.75) is 31.2 Å². The van der Waals surface area contributed by atoms with Crippen molar-refractivity contribution in [2.24, 2.45) is 0 Å². The number of hydrogen-bond acceptors (Lipinski definition) is 2. The number of nitrogens with zero attached hydrogens (tertiary/aromatic N) is 1. The predicted molar refractivity (Wildman–Crippen MR) is 83.1 cm³/mol. The summed E-state index contributed by atoms with van der Waals surface area (Å²) >= 11 is 6.21. The van der Waals surface area contributed by atoms with Crippen LogP contribution in [0, 0.1) is 5.82 Å². The molecule has 21 heavy (non-hydrogen) atoms. The van der Waals surface area contributed by atoms with E-state index in [9.17, 15) is 4.39 Å². The third kappa shape index (κ3) is 4.02. The van der Waals surface area contributed by atoms with Gasteiger partial charge in [0.05, 0.1) is 5.02 Å². The van der Waals surface area contributed by atoms with Gasteiger partial charge in [-0.3, -0.25) is 4.98 Å². The molecule has 1 heterocycles. The first-order chi connectivity index (χ1) is 10.2. The second-order valence-corrected chi connectivity index (χ2v) is 6.01. The van der Waals surface area contributed by atoms with Gasteiger partial charge in [-0.2, -0.15) is 0 Å². The molecule has 0 amide bonds. The fourth-order valence-electron chi connectivity index (χ4n) is 2.50. The van der Waals surface area contributed by atoms with Crippen LogP contribution >= 0.6 is 11.6 Å². The van der Waals surface area contributed by atoms with Gasteiger partial charge in [0.15, 0.2) is 0 Å². The third-order valence-corrected chi connectivity index (χ3v) is 4.21. The molecule has 2 aromatic rings. The Kier molecular flexibility index (Phi) is 4.51. The highest BCUT2D eigenvalue weighted by molar-refractivity contribution is 6.31. The maximum atomic E-state index is 13.5. The van der Waals surface area contributed by atoms with E-state index in [4.69, 9.17) is 11.6 Å². The molecule has 1 aromatic carbocycles. The average Bonchev–Trinajstić information content (AvgIpc) is 3.29. The Labute approximate surface area is 129 Å². The summed E-state index contributed by atoms with van der Waals surface area (Å²) in [6.45, 7) is 0.840. The third-order valence-electron chi connectivity index (χ3n) is 3.87. The van der Waals surface area contributed by atoms with E-state index in [1.165, 1.54) is 18.9 Å². The molecular formula is C17H18ClFN2. The van der Waals surface area contributed by atoms with Crippen LogP contribution in [0.3, 0.4) is 0 Å². The van der Waals surface area contributed by atoms with Crippen molar-refractivity contribution in [2.75, 3.05) is 6.54 Å². The SMILES string of the molecule is Fc1cccc(C(CNC2CC2)Cc2ccncc2Cl)c1. The zero-order valence-electron chi connectivity index (χ0n) is 11.7. The molecule has 1 aliphatic rings. The fraction of sp³-hybridized carbons (Fsp3) is 0.353. The zero-order valence-corrected chi connectivity index (χ0v) is 12.5. The zero-order chi connectivity index (χ0) is 14.7. The van der Waals surface area contributed by atoms with Gasteiger partial charge in [-0.05, 0) is 48.6 Å². The molecule has 1 atom stereocenters.